The zero-order valence-corrected chi connectivity index (χ0v) is 17.1. The molecule has 1 saturated heterocycles. The number of aryl methyl sites for hydroxylation is 1. The van der Waals surface area contributed by atoms with Crippen LogP contribution in [0.25, 0.3) is 0 Å². The Labute approximate surface area is 175 Å². The molecule has 0 bridgehead atoms. The maximum Gasteiger partial charge on any atom is 0.313 e. The van der Waals surface area contributed by atoms with Crippen LogP contribution in [0.1, 0.15) is 37.1 Å². The van der Waals surface area contributed by atoms with Gasteiger partial charge >= 0.3 is 5.97 Å². The SMILES string of the molecule is Cc1cccc(Nc2nc(N)nc(CN3CC[C@H](O)[C@@](CC4CC4)(C(=O)O)C3)n2)c1. The Balaban J connectivity index is 1.50. The van der Waals surface area contributed by atoms with Crippen LogP contribution in [0.2, 0.25) is 0 Å². The molecule has 0 spiro atoms. The van der Waals surface area contributed by atoms with E-state index in [0.29, 0.717) is 43.6 Å². The van der Waals surface area contributed by atoms with Gasteiger partial charge in [0.25, 0.3) is 0 Å². The highest BCUT2D eigenvalue weighted by Crippen LogP contribution is 2.45. The van der Waals surface area contributed by atoms with Gasteiger partial charge in [0.05, 0.1) is 12.6 Å². The maximum absolute atomic E-state index is 12.1. The number of nitrogens with zero attached hydrogens (tertiary/aromatic N) is 4. The zero-order chi connectivity index (χ0) is 21.3. The molecule has 2 heterocycles. The van der Waals surface area contributed by atoms with Gasteiger partial charge in [0.1, 0.15) is 11.2 Å². The summed E-state index contributed by atoms with van der Waals surface area (Å²) < 4.78 is 0. The molecule has 4 rings (SSSR count). The van der Waals surface area contributed by atoms with E-state index in [9.17, 15) is 15.0 Å². The highest BCUT2D eigenvalue weighted by Gasteiger charge is 2.51. The Morgan fingerprint density at radius 2 is 2.10 bits per heavy atom. The number of aliphatic hydroxyl groups is 1. The van der Waals surface area contributed by atoms with Crippen molar-refractivity contribution in [2.75, 3.05) is 24.1 Å². The van der Waals surface area contributed by atoms with Gasteiger partial charge in [-0.2, -0.15) is 15.0 Å². The monoisotopic (exact) mass is 412 g/mol. The second-order valence-corrected chi connectivity index (χ2v) is 8.55. The highest BCUT2D eigenvalue weighted by molar-refractivity contribution is 5.76. The smallest absolute Gasteiger partial charge is 0.313 e. The molecule has 9 heteroatoms. The van der Waals surface area contributed by atoms with E-state index in [-0.39, 0.29) is 12.5 Å². The van der Waals surface area contributed by atoms with Crippen molar-refractivity contribution in [2.45, 2.75) is 45.3 Å². The minimum absolute atomic E-state index is 0.106. The molecule has 5 N–H and O–H groups in total. The Morgan fingerprint density at radius 3 is 2.80 bits per heavy atom. The molecule has 1 aliphatic carbocycles. The van der Waals surface area contributed by atoms with Crippen molar-refractivity contribution in [3.63, 3.8) is 0 Å². The maximum atomic E-state index is 12.1. The van der Waals surface area contributed by atoms with E-state index in [1.165, 1.54) is 0 Å². The fraction of sp³-hybridized carbons (Fsp3) is 0.524. The van der Waals surface area contributed by atoms with E-state index in [1.807, 2.05) is 36.1 Å². The van der Waals surface area contributed by atoms with Gasteiger partial charge in [0.15, 0.2) is 0 Å². The Morgan fingerprint density at radius 1 is 1.30 bits per heavy atom. The molecule has 1 aliphatic heterocycles. The number of aliphatic hydroxyl groups excluding tert-OH is 1. The molecule has 1 saturated carbocycles. The molecule has 2 fully saturated rings. The fourth-order valence-corrected chi connectivity index (χ4v) is 4.25. The van der Waals surface area contributed by atoms with Gasteiger partial charge in [-0.05, 0) is 43.4 Å². The average Bonchev–Trinajstić information content (AvgIpc) is 3.48. The van der Waals surface area contributed by atoms with Gasteiger partial charge in [0, 0.05) is 18.8 Å². The minimum Gasteiger partial charge on any atom is -0.481 e. The van der Waals surface area contributed by atoms with E-state index in [4.69, 9.17) is 5.73 Å². The lowest BCUT2D eigenvalue weighted by Gasteiger charge is -2.43. The number of benzene rings is 1. The molecule has 0 amide bonds. The third-order valence-electron chi connectivity index (χ3n) is 5.98. The first-order valence-corrected chi connectivity index (χ1v) is 10.3. The van der Waals surface area contributed by atoms with Crippen molar-refractivity contribution in [1.82, 2.24) is 19.9 Å². The van der Waals surface area contributed by atoms with Gasteiger partial charge in [0.2, 0.25) is 11.9 Å². The van der Waals surface area contributed by atoms with Crippen LogP contribution in [0.3, 0.4) is 0 Å². The van der Waals surface area contributed by atoms with Gasteiger partial charge < -0.3 is 21.3 Å². The fourth-order valence-electron chi connectivity index (χ4n) is 4.25. The van der Waals surface area contributed by atoms with Crippen LogP contribution in [0.5, 0.6) is 0 Å². The lowest BCUT2D eigenvalue weighted by molar-refractivity contribution is -0.165. The van der Waals surface area contributed by atoms with Gasteiger partial charge in [-0.3, -0.25) is 9.69 Å². The second-order valence-electron chi connectivity index (χ2n) is 8.55. The van der Waals surface area contributed by atoms with Crippen molar-refractivity contribution >= 4 is 23.6 Å². The van der Waals surface area contributed by atoms with E-state index >= 15 is 0 Å². The predicted octanol–water partition coefficient (Wildman–Crippen LogP) is 1.94. The first kappa shape index (κ1) is 20.5. The molecular formula is C21H28N6O3. The molecule has 160 valence electrons. The van der Waals surface area contributed by atoms with Crippen LogP contribution in [-0.4, -0.2) is 55.2 Å². The van der Waals surface area contributed by atoms with Crippen molar-refractivity contribution in [2.24, 2.45) is 11.3 Å². The minimum atomic E-state index is -1.14. The van der Waals surface area contributed by atoms with Crippen LogP contribution in [0, 0.1) is 18.3 Å². The average molecular weight is 412 g/mol. The number of nitrogen functional groups attached to an aromatic ring is 1. The van der Waals surface area contributed by atoms with Crippen LogP contribution >= 0.6 is 0 Å². The molecule has 1 aromatic carbocycles. The summed E-state index contributed by atoms with van der Waals surface area (Å²) >= 11 is 0. The summed E-state index contributed by atoms with van der Waals surface area (Å²) in [6, 6.07) is 7.83. The third-order valence-corrected chi connectivity index (χ3v) is 5.98. The summed E-state index contributed by atoms with van der Waals surface area (Å²) in [4.78, 5) is 27.0. The van der Waals surface area contributed by atoms with Crippen LogP contribution in [-0.2, 0) is 11.3 Å². The van der Waals surface area contributed by atoms with Gasteiger partial charge in [-0.25, -0.2) is 0 Å². The quantitative estimate of drug-likeness (QED) is 0.537. The highest BCUT2D eigenvalue weighted by atomic mass is 16.4. The summed E-state index contributed by atoms with van der Waals surface area (Å²) in [7, 11) is 0. The first-order valence-electron chi connectivity index (χ1n) is 10.3. The molecule has 2 atom stereocenters. The van der Waals surface area contributed by atoms with E-state index < -0.39 is 17.5 Å². The standard InChI is InChI=1S/C21H28N6O3/c1-13-3-2-4-15(9-13)23-20-25-17(24-19(22)26-20)11-27-8-7-16(28)21(12-27,18(29)30)10-14-5-6-14/h2-4,9,14,16,28H,5-8,10-12H2,1H3,(H,29,30)(H3,22,23,24,25,26)/t16-,21-/m0/s1. The normalized spacial score (nSPS) is 24.5. The number of nitrogens with one attached hydrogen (secondary N) is 1. The van der Waals surface area contributed by atoms with Crippen molar-refractivity contribution < 1.29 is 15.0 Å². The number of anilines is 3. The van der Waals surface area contributed by atoms with Gasteiger partial charge in [-0.15, -0.1) is 0 Å². The number of aliphatic carboxylic acids is 1. The summed E-state index contributed by atoms with van der Waals surface area (Å²) in [6.07, 6.45) is 2.17. The number of hydrogen-bond donors (Lipinski definition) is 4. The second kappa shape index (κ2) is 8.16. The molecule has 2 aromatic rings. The molecule has 30 heavy (non-hydrogen) atoms. The van der Waals surface area contributed by atoms with E-state index in [1.54, 1.807) is 0 Å². The number of carbonyl (C=O) groups is 1. The Bertz CT molecular complexity index is 935. The molecule has 9 nitrogen and oxygen atoms in total. The summed E-state index contributed by atoms with van der Waals surface area (Å²) in [6.45, 7) is 3.19. The lowest BCUT2D eigenvalue weighted by Crippen LogP contribution is -2.56. The number of rotatable bonds is 7. The molecule has 0 unspecified atom stereocenters. The lowest BCUT2D eigenvalue weighted by atomic mass is 9.73. The van der Waals surface area contributed by atoms with Gasteiger partial charge in [-0.1, -0.05) is 25.0 Å². The summed E-state index contributed by atoms with van der Waals surface area (Å²) in [5.41, 5.74) is 6.71. The topological polar surface area (TPSA) is 137 Å². The number of piperidine rings is 1. The predicted molar refractivity (Wildman–Crippen MR) is 112 cm³/mol. The molecular weight excluding hydrogens is 384 g/mol. The van der Waals surface area contributed by atoms with Crippen LogP contribution in [0.15, 0.2) is 24.3 Å². The number of carboxylic acids is 1. The number of hydrogen-bond acceptors (Lipinski definition) is 8. The van der Waals surface area contributed by atoms with E-state index in [0.717, 1.165) is 24.1 Å². The molecule has 1 aromatic heterocycles. The summed E-state index contributed by atoms with van der Waals surface area (Å²) in [5.74, 6) is 0.397. The Hall–Kier alpha value is -2.78. The first-order chi connectivity index (χ1) is 14.3. The number of nitrogens with two attached hydrogens (primary N) is 1. The largest absolute Gasteiger partial charge is 0.481 e. The Kier molecular flexibility index (Phi) is 5.57. The molecule has 2 aliphatic rings. The number of aromatic nitrogens is 3. The van der Waals surface area contributed by atoms with Crippen molar-refractivity contribution in [1.29, 1.82) is 0 Å². The summed E-state index contributed by atoms with van der Waals surface area (Å²) in [5, 5.41) is 23.6. The van der Waals surface area contributed by atoms with Crippen molar-refractivity contribution in [3.05, 3.63) is 35.7 Å². The number of likely N-dealkylation sites (tertiary alicyclic amines) is 1. The third kappa shape index (κ3) is 4.52. The molecule has 0 radical (unpaired) electrons. The number of carboxylic acid groups (broad SMARTS) is 1. The van der Waals surface area contributed by atoms with Crippen molar-refractivity contribution in [3.8, 4) is 0 Å². The van der Waals surface area contributed by atoms with Crippen LogP contribution in [0.4, 0.5) is 17.6 Å². The zero-order valence-electron chi connectivity index (χ0n) is 17.1. The van der Waals surface area contributed by atoms with E-state index in [2.05, 4.69) is 20.3 Å². The van der Waals surface area contributed by atoms with Crippen LogP contribution < -0.4 is 11.1 Å².